The standard InChI is InChI=1S/C18H23FN2O2/c19-16-6-2-1-4-14(16)10-17(22)21-9-3-5-15(12-21)18(23)20-11-13-7-8-13/h1-2,4,6,13,15H,3,5,7-12H2,(H,20,23)/t15-/m1/s1. The van der Waals surface area contributed by atoms with Crippen LogP contribution >= 0.6 is 0 Å². The van der Waals surface area contributed by atoms with Gasteiger partial charge in [0.15, 0.2) is 0 Å². The molecule has 1 aliphatic carbocycles. The highest BCUT2D eigenvalue weighted by atomic mass is 19.1. The SMILES string of the molecule is O=C(NCC1CC1)[C@@H]1CCCN(C(=O)Cc2ccccc2F)C1. The molecule has 5 heteroatoms. The summed E-state index contributed by atoms with van der Waals surface area (Å²) in [6.07, 6.45) is 4.12. The number of carbonyl (C=O) groups excluding carboxylic acids is 2. The summed E-state index contributed by atoms with van der Waals surface area (Å²) in [6, 6.07) is 6.35. The average molecular weight is 318 g/mol. The molecule has 3 rings (SSSR count). The van der Waals surface area contributed by atoms with Crippen molar-refractivity contribution in [2.24, 2.45) is 11.8 Å². The molecule has 1 aromatic carbocycles. The van der Waals surface area contributed by atoms with E-state index >= 15 is 0 Å². The van der Waals surface area contributed by atoms with Gasteiger partial charge in [0.2, 0.25) is 11.8 Å². The van der Waals surface area contributed by atoms with E-state index < -0.39 is 0 Å². The van der Waals surface area contributed by atoms with E-state index in [1.807, 2.05) is 0 Å². The zero-order valence-corrected chi connectivity index (χ0v) is 13.3. The molecule has 1 aliphatic heterocycles. The van der Waals surface area contributed by atoms with Gasteiger partial charge in [0, 0.05) is 19.6 Å². The number of nitrogens with one attached hydrogen (secondary N) is 1. The third-order valence-corrected chi connectivity index (χ3v) is 4.71. The van der Waals surface area contributed by atoms with Gasteiger partial charge in [-0.1, -0.05) is 18.2 Å². The van der Waals surface area contributed by atoms with Gasteiger partial charge in [-0.2, -0.15) is 0 Å². The maximum Gasteiger partial charge on any atom is 0.227 e. The van der Waals surface area contributed by atoms with Crippen molar-refractivity contribution in [3.05, 3.63) is 35.6 Å². The minimum absolute atomic E-state index is 0.0558. The Morgan fingerprint density at radius 2 is 2.00 bits per heavy atom. The minimum Gasteiger partial charge on any atom is -0.356 e. The molecule has 2 fully saturated rings. The number of hydrogen-bond donors (Lipinski definition) is 1. The summed E-state index contributed by atoms with van der Waals surface area (Å²) in [5, 5.41) is 3.00. The molecule has 23 heavy (non-hydrogen) atoms. The van der Waals surface area contributed by atoms with Crippen molar-refractivity contribution in [3.8, 4) is 0 Å². The molecule has 1 aromatic rings. The summed E-state index contributed by atoms with van der Waals surface area (Å²) >= 11 is 0. The number of piperidine rings is 1. The molecule has 2 aliphatic rings. The van der Waals surface area contributed by atoms with Crippen LogP contribution in [0.25, 0.3) is 0 Å². The molecule has 0 radical (unpaired) electrons. The van der Waals surface area contributed by atoms with Gasteiger partial charge < -0.3 is 10.2 Å². The molecule has 1 N–H and O–H groups in total. The van der Waals surface area contributed by atoms with E-state index in [1.54, 1.807) is 23.1 Å². The molecular weight excluding hydrogens is 295 g/mol. The normalized spacial score (nSPS) is 21.1. The second-order valence-corrected chi connectivity index (χ2v) is 6.64. The van der Waals surface area contributed by atoms with E-state index in [0.717, 1.165) is 19.4 Å². The Balaban J connectivity index is 1.53. The van der Waals surface area contributed by atoms with Crippen molar-refractivity contribution in [1.29, 1.82) is 0 Å². The number of amides is 2. The second kappa shape index (κ2) is 7.11. The maximum atomic E-state index is 13.7. The zero-order valence-electron chi connectivity index (χ0n) is 13.3. The highest BCUT2D eigenvalue weighted by molar-refractivity contribution is 5.82. The lowest BCUT2D eigenvalue weighted by molar-refractivity contribution is -0.135. The lowest BCUT2D eigenvalue weighted by atomic mass is 9.96. The van der Waals surface area contributed by atoms with Crippen molar-refractivity contribution in [3.63, 3.8) is 0 Å². The highest BCUT2D eigenvalue weighted by Gasteiger charge is 2.30. The lowest BCUT2D eigenvalue weighted by Crippen LogP contribution is -2.46. The molecule has 0 bridgehead atoms. The number of benzene rings is 1. The summed E-state index contributed by atoms with van der Waals surface area (Å²) in [4.78, 5) is 26.3. The van der Waals surface area contributed by atoms with Crippen molar-refractivity contribution in [1.82, 2.24) is 10.2 Å². The Morgan fingerprint density at radius 3 is 2.74 bits per heavy atom. The average Bonchev–Trinajstić information content (AvgIpc) is 3.39. The molecule has 1 atom stereocenters. The Kier molecular flexibility index (Phi) is 4.94. The molecule has 2 amide bonds. The summed E-state index contributed by atoms with van der Waals surface area (Å²) in [5.41, 5.74) is 0.415. The van der Waals surface area contributed by atoms with Crippen LogP contribution in [0.1, 0.15) is 31.2 Å². The number of nitrogens with zero attached hydrogens (tertiary/aromatic N) is 1. The lowest BCUT2D eigenvalue weighted by Gasteiger charge is -2.32. The first-order valence-electron chi connectivity index (χ1n) is 8.42. The maximum absolute atomic E-state index is 13.7. The Bertz CT molecular complexity index is 586. The van der Waals surface area contributed by atoms with Gasteiger partial charge >= 0.3 is 0 Å². The van der Waals surface area contributed by atoms with Crippen LogP contribution in [-0.2, 0) is 16.0 Å². The molecule has 0 aromatic heterocycles. The van der Waals surface area contributed by atoms with Crippen LogP contribution in [0, 0.1) is 17.7 Å². The molecular formula is C18H23FN2O2. The third-order valence-electron chi connectivity index (χ3n) is 4.71. The van der Waals surface area contributed by atoms with Gasteiger partial charge in [0.25, 0.3) is 0 Å². The number of hydrogen-bond acceptors (Lipinski definition) is 2. The number of likely N-dealkylation sites (tertiary alicyclic amines) is 1. The van der Waals surface area contributed by atoms with Crippen LogP contribution in [0.4, 0.5) is 4.39 Å². The van der Waals surface area contributed by atoms with Crippen molar-refractivity contribution in [2.45, 2.75) is 32.1 Å². The van der Waals surface area contributed by atoms with Gasteiger partial charge in [0.05, 0.1) is 12.3 Å². The molecule has 0 spiro atoms. The largest absolute Gasteiger partial charge is 0.356 e. The Labute approximate surface area is 136 Å². The van der Waals surface area contributed by atoms with Crippen molar-refractivity contribution >= 4 is 11.8 Å². The summed E-state index contributed by atoms with van der Waals surface area (Å²) < 4.78 is 13.7. The van der Waals surface area contributed by atoms with E-state index in [9.17, 15) is 14.0 Å². The molecule has 1 saturated heterocycles. The van der Waals surface area contributed by atoms with Crippen LogP contribution < -0.4 is 5.32 Å². The summed E-state index contributed by atoms with van der Waals surface area (Å²) in [6.45, 7) is 1.86. The quantitative estimate of drug-likeness (QED) is 0.904. The molecule has 1 heterocycles. The van der Waals surface area contributed by atoms with Gasteiger partial charge in [-0.3, -0.25) is 9.59 Å². The fourth-order valence-electron chi connectivity index (χ4n) is 3.05. The van der Waals surface area contributed by atoms with Crippen LogP contribution in [0.3, 0.4) is 0 Å². The molecule has 124 valence electrons. The van der Waals surface area contributed by atoms with E-state index in [0.29, 0.717) is 24.6 Å². The van der Waals surface area contributed by atoms with Crippen LogP contribution in [0.2, 0.25) is 0 Å². The van der Waals surface area contributed by atoms with Crippen molar-refractivity contribution in [2.75, 3.05) is 19.6 Å². The van der Waals surface area contributed by atoms with E-state index in [4.69, 9.17) is 0 Å². The molecule has 1 saturated carbocycles. The van der Waals surface area contributed by atoms with Crippen molar-refractivity contribution < 1.29 is 14.0 Å². The predicted molar refractivity (Wildman–Crippen MR) is 85.1 cm³/mol. The van der Waals surface area contributed by atoms with E-state index in [1.165, 1.54) is 18.9 Å². The molecule has 0 unspecified atom stereocenters. The minimum atomic E-state index is -0.350. The first-order valence-corrected chi connectivity index (χ1v) is 8.42. The number of rotatable bonds is 5. The third kappa shape index (κ3) is 4.30. The first kappa shape index (κ1) is 16.0. The van der Waals surface area contributed by atoms with Crippen LogP contribution in [-0.4, -0.2) is 36.3 Å². The monoisotopic (exact) mass is 318 g/mol. The summed E-state index contributed by atoms with van der Waals surface area (Å²) in [7, 11) is 0. The fraction of sp³-hybridized carbons (Fsp3) is 0.556. The van der Waals surface area contributed by atoms with Gasteiger partial charge in [-0.25, -0.2) is 4.39 Å². The smallest absolute Gasteiger partial charge is 0.227 e. The van der Waals surface area contributed by atoms with Gasteiger partial charge in [-0.05, 0) is 43.2 Å². The topological polar surface area (TPSA) is 49.4 Å². The highest BCUT2D eigenvalue weighted by Crippen LogP contribution is 2.28. The van der Waals surface area contributed by atoms with E-state index in [-0.39, 0.29) is 30.0 Å². The van der Waals surface area contributed by atoms with Gasteiger partial charge in [0.1, 0.15) is 5.82 Å². The fourth-order valence-corrected chi connectivity index (χ4v) is 3.05. The van der Waals surface area contributed by atoms with Gasteiger partial charge in [-0.15, -0.1) is 0 Å². The van der Waals surface area contributed by atoms with Crippen LogP contribution in [0.15, 0.2) is 24.3 Å². The second-order valence-electron chi connectivity index (χ2n) is 6.64. The first-order chi connectivity index (χ1) is 11.1. The Morgan fingerprint density at radius 1 is 1.22 bits per heavy atom. The zero-order chi connectivity index (χ0) is 16.2. The molecule has 4 nitrogen and oxygen atoms in total. The number of carbonyl (C=O) groups is 2. The van der Waals surface area contributed by atoms with E-state index in [2.05, 4.69) is 5.32 Å². The Hall–Kier alpha value is -1.91. The summed E-state index contributed by atoms with van der Waals surface area (Å²) in [5.74, 6) is 0.125. The number of halogens is 1. The van der Waals surface area contributed by atoms with Crippen LogP contribution in [0.5, 0.6) is 0 Å². The predicted octanol–water partition coefficient (Wildman–Crippen LogP) is 2.13.